The Labute approximate surface area is 57.2 Å². The van der Waals surface area contributed by atoms with Crippen LogP contribution in [-0.2, 0) is 0 Å². The summed E-state index contributed by atoms with van der Waals surface area (Å²) in [5.74, 6) is 0. The molecule has 1 aromatic heterocycles. The molecule has 0 amide bonds. The van der Waals surface area contributed by atoms with Crippen LogP contribution >= 0.6 is 0 Å². The lowest BCUT2D eigenvalue weighted by Gasteiger charge is -1.88. The first-order valence-corrected chi connectivity index (χ1v) is 2.66. The number of carboxylic acid groups (broad SMARTS) is 1. The maximum Gasteiger partial charge on any atom is 0.415 e. The van der Waals surface area contributed by atoms with E-state index in [9.17, 15) is 4.79 Å². The predicted molar refractivity (Wildman–Crippen MR) is 35.7 cm³/mol. The number of hydrogen-bond donors (Lipinski definition) is 2. The van der Waals surface area contributed by atoms with Gasteiger partial charge in [0.05, 0.1) is 0 Å². The summed E-state index contributed by atoms with van der Waals surface area (Å²) < 4.78 is 1.00. The molecule has 0 fully saturated rings. The summed E-state index contributed by atoms with van der Waals surface area (Å²) in [6.45, 7) is 0. The molecule has 0 bridgehead atoms. The van der Waals surface area contributed by atoms with Gasteiger partial charge >= 0.3 is 6.09 Å². The van der Waals surface area contributed by atoms with Crippen molar-refractivity contribution in [3.05, 3.63) is 24.0 Å². The van der Waals surface area contributed by atoms with Crippen LogP contribution in [0.1, 0.15) is 5.56 Å². The van der Waals surface area contributed by atoms with Gasteiger partial charge in [0.1, 0.15) is 0 Å². The fraction of sp³-hybridized carbons (Fsp3) is 0. The van der Waals surface area contributed by atoms with E-state index in [1.165, 1.54) is 12.4 Å². The summed E-state index contributed by atoms with van der Waals surface area (Å²) in [5.41, 5.74) is 0.586. The average molecular weight is 138 g/mol. The van der Waals surface area contributed by atoms with Crippen molar-refractivity contribution < 1.29 is 9.90 Å². The van der Waals surface area contributed by atoms with Gasteiger partial charge in [0.25, 0.3) is 0 Å². The molecular weight excluding hydrogens is 132 g/mol. The van der Waals surface area contributed by atoms with E-state index < -0.39 is 6.09 Å². The Hall–Kier alpha value is -1.58. The third-order valence-electron chi connectivity index (χ3n) is 1.10. The standard InChI is InChI=1S/C6H6N2O2/c7-3-5-1-2-8(4-5)6(9)10/h1-4,7H,(H,9,10). The Morgan fingerprint density at radius 1 is 1.80 bits per heavy atom. The third-order valence-corrected chi connectivity index (χ3v) is 1.10. The molecule has 0 saturated heterocycles. The maximum atomic E-state index is 10.2. The zero-order valence-corrected chi connectivity index (χ0v) is 5.11. The van der Waals surface area contributed by atoms with Crippen molar-refractivity contribution in [2.24, 2.45) is 0 Å². The normalized spacial score (nSPS) is 9.20. The molecule has 52 valence electrons. The van der Waals surface area contributed by atoms with E-state index in [1.54, 1.807) is 6.07 Å². The zero-order valence-electron chi connectivity index (χ0n) is 5.11. The quantitative estimate of drug-likeness (QED) is 0.569. The van der Waals surface area contributed by atoms with Crippen molar-refractivity contribution in [3.8, 4) is 0 Å². The van der Waals surface area contributed by atoms with Crippen LogP contribution in [0.2, 0.25) is 0 Å². The van der Waals surface area contributed by atoms with Crippen LogP contribution < -0.4 is 0 Å². The third kappa shape index (κ3) is 1.05. The molecule has 1 rings (SSSR count). The predicted octanol–water partition coefficient (Wildman–Crippen LogP) is 1.01. The van der Waals surface area contributed by atoms with Crippen LogP contribution in [0.5, 0.6) is 0 Å². The van der Waals surface area contributed by atoms with Gasteiger partial charge in [-0.3, -0.25) is 4.57 Å². The van der Waals surface area contributed by atoms with Gasteiger partial charge in [-0.05, 0) is 6.07 Å². The van der Waals surface area contributed by atoms with Crippen molar-refractivity contribution in [2.45, 2.75) is 0 Å². The number of hydrogen-bond acceptors (Lipinski definition) is 2. The molecule has 1 aromatic rings. The molecule has 0 aliphatic rings. The second-order valence-electron chi connectivity index (χ2n) is 1.78. The largest absolute Gasteiger partial charge is 0.464 e. The Morgan fingerprint density at radius 3 is 2.80 bits per heavy atom. The van der Waals surface area contributed by atoms with Gasteiger partial charge in [0.2, 0.25) is 0 Å². The van der Waals surface area contributed by atoms with Gasteiger partial charge < -0.3 is 10.5 Å². The molecule has 0 spiro atoms. The summed E-state index contributed by atoms with van der Waals surface area (Å²) in [5, 5.41) is 15.1. The first-order valence-electron chi connectivity index (χ1n) is 2.66. The highest BCUT2D eigenvalue weighted by molar-refractivity contribution is 5.79. The van der Waals surface area contributed by atoms with E-state index in [1.807, 2.05) is 0 Å². The fourth-order valence-corrected chi connectivity index (χ4v) is 0.617. The number of aromatic nitrogens is 1. The highest BCUT2D eigenvalue weighted by Crippen LogP contribution is 1.96. The Bertz CT molecular complexity index is 264. The minimum atomic E-state index is -1.03. The van der Waals surface area contributed by atoms with Crippen molar-refractivity contribution >= 4 is 12.3 Å². The summed E-state index contributed by atoms with van der Waals surface area (Å²) in [6, 6.07) is 1.56. The minimum Gasteiger partial charge on any atom is -0.464 e. The van der Waals surface area contributed by atoms with Crippen molar-refractivity contribution in [1.82, 2.24) is 4.57 Å². The number of rotatable bonds is 1. The van der Waals surface area contributed by atoms with Crippen molar-refractivity contribution in [2.75, 3.05) is 0 Å². The molecule has 10 heavy (non-hydrogen) atoms. The first kappa shape index (κ1) is 6.54. The molecule has 0 unspecified atom stereocenters. The molecule has 0 aromatic carbocycles. The molecule has 4 heteroatoms. The van der Waals surface area contributed by atoms with Crippen LogP contribution in [0.4, 0.5) is 4.79 Å². The summed E-state index contributed by atoms with van der Waals surface area (Å²) in [4.78, 5) is 10.2. The molecule has 4 nitrogen and oxygen atoms in total. The molecule has 0 atom stereocenters. The zero-order chi connectivity index (χ0) is 7.56. The van der Waals surface area contributed by atoms with E-state index in [-0.39, 0.29) is 0 Å². The lowest BCUT2D eigenvalue weighted by Crippen LogP contribution is -2.03. The SMILES string of the molecule is N=Cc1ccn(C(=O)O)c1. The Balaban J connectivity index is 2.98. The monoisotopic (exact) mass is 138 g/mol. The highest BCUT2D eigenvalue weighted by Gasteiger charge is 1.98. The molecule has 0 aliphatic carbocycles. The number of nitrogens with one attached hydrogen (secondary N) is 1. The van der Waals surface area contributed by atoms with Gasteiger partial charge in [-0.25, -0.2) is 4.79 Å². The van der Waals surface area contributed by atoms with E-state index in [0.717, 1.165) is 10.8 Å². The molecule has 2 N–H and O–H groups in total. The molecule has 1 heterocycles. The van der Waals surface area contributed by atoms with Crippen LogP contribution in [-0.4, -0.2) is 22.0 Å². The van der Waals surface area contributed by atoms with Gasteiger partial charge in [0.15, 0.2) is 0 Å². The lowest BCUT2D eigenvalue weighted by molar-refractivity contribution is 0.196. The summed E-state index contributed by atoms with van der Waals surface area (Å²) >= 11 is 0. The average Bonchev–Trinajstić information content (AvgIpc) is 2.34. The maximum absolute atomic E-state index is 10.2. The van der Waals surface area contributed by atoms with E-state index in [4.69, 9.17) is 10.5 Å². The second-order valence-corrected chi connectivity index (χ2v) is 1.78. The van der Waals surface area contributed by atoms with Gasteiger partial charge in [-0.15, -0.1) is 0 Å². The Morgan fingerprint density at radius 2 is 2.50 bits per heavy atom. The van der Waals surface area contributed by atoms with Crippen molar-refractivity contribution in [3.63, 3.8) is 0 Å². The topological polar surface area (TPSA) is 66.1 Å². The lowest BCUT2D eigenvalue weighted by atomic mass is 10.4. The van der Waals surface area contributed by atoms with Crippen LogP contribution in [0, 0.1) is 5.41 Å². The number of carbonyl (C=O) groups is 1. The van der Waals surface area contributed by atoms with E-state index in [2.05, 4.69) is 0 Å². The highest BCUT2D eigenvalue weighted by atomic mass is 16.4. The van der Waals surface area contributed by atoms with Crippen LogP contribution in [0.15, 0.2) is 18.5 Å². The summed E-state index contributed by atoms with van der Waals surface area (Å²) in [6.07, 6.45) is 2.82. The minimum absolute atomic E-state index is 0.586. The van der Waals surface area contributed by atoms with Gasteiger partial charge in [-0.1, -0.05) is 0 Å². The van der Waals surface area contributed by atoms with E-state index >= 15 is 0 Å². The van der Waals surface area contributed by atoms with E-state index in [0.29, 0.717) is 5.56 Å². The van der Waals surface area contributed by atoms with Crippen LogP contribution in [0.25, 0.3) is 0 Å². The molecule has 0 saturated carbocycles. The smallest absolute Gasteiger partial charge is 0.415 e. The number of nitrogens with zero attached hydrogens (tertiary/aromatic N) is 1. The molecule has 0 aliphatic heterocycles. The fourth-order valence-electron chi connectivity index (χ4n) is 0.617. The van der Waals surface area contributed by atoms with Crippen molar-refractivity contribution in [1.29, 1.82) is 5.41 Å². The van der Waals surface area contributed by atoms with Gasteiger partial charge in [-0.2, -0.15) is 0 Å². The second kappa shape index (κ2) is 2.34. The molecule has 0 radical (unpaired) electrons. The van der Waals surface area contributed by atoms with Crippen LogP contribution in [0.3, 0.4) is 0 Å². The Kier molecular flexibility index (Phi) is 1.53. The summed E-state index contributed by atoms with van der Waals surface area (Å²) in [7, 11) is 0. The first-order chi connectivity index (χ1) is 4.74. The molecular formula is C6H6N2O2. The van der Waals surface area contributed by atoms with Gasteiger partial charge in [0, 0.05) is 24.2 Å².